The fraction of sp³-hybridized carbons (Fsp3) is 0.533. The second-order valence-corrected chi connectivity index (χ2v) is 4.99. The Labute approximate surface area is 114 Å². The van der Waals surface area contributed by atoms with Gasteiger partial charge in [-0.2, -0.15) is 0 Å². The van der Waals surface area contributed by atoms with Gasteiger partial charge in [-0.1, -0.05) is 30.3 Å². The van der Waals surface area contributed by atoms with Crippen LogP contribution < -0.4 is 10.6 Å². The van der Waals surface area contributed by atoms with Crippen LogP contribution in [0.25, 0.3) is 0 Å². The van der Waals surface area contributed by atoms with Crippen LogP contribution in [0.3, 0.4) is 0 Å². The zero-order chi connectivity index (χ0) is 13.3. The van der Waals surface area contributed by atoms with Gasteiger partial charge >= 0.3 is 6.09 Å². The van der Waals surface area contributed by atoms with Crippen molar-refractivity contribution >= 4 is 6.09 Å². The molecule has 104 valence electrons. The van der Waals surface area contributed by atoms with Crippen LogP contribution in [0.15, 0.2) is 30.3 Å². The average molecular weight is 262 g/mol. The Morgan fingerprint density at radius 1 is 1.26 bits per heavy atom. The number of alkyl carbamates (subject to hydrolysis) is 1. The van der Waals surface area contributed by atoms with E-state index in [1.807, 2.05) is 30.3 Å². The van der Waals surface area contributed by atoms with E-state index in [-0.39, 0.29) is 6.09 Å². The number of nitrogens with one attached hydrogen (secondary N) is 2. The molecule has 1 heterocycles. The summed E-state index contributed by atoms with van der Waals surface area (Å²) < 4.78 is 5.18. The van der Waals surface area contributed by atoms with E-state index in [9.17, 15) is 4.79 Å². The molecule has 0 aliphatic carbocycles. The predicted molar refractivity (Wildman–Crippen MR) is 74.8 cm³/mol. The monoisotopic (exact) mass is 262 g/mol. The Balaban J connectivity index is 1.64. The van der Waals surface area contributed by atoms with Gasteiger partial charge in [0.25, 0.3) is 0 Å². The van der Waals surface area contributed by atoms with E-state index in [1.165, 1.54) is 12.8 Å². The minimum atomic E-state index is -0.318. The number of hydrogen-bond acceptors (Lipinski definition) is 3. The van der Waals surface area contributed by atoms with Crippen LogP contribution >= 0.6 is 0 Å². The molecule has 0 saturated carbocycles. The summed E-state index contributed by atoms with van der Waals surface area (Å²) in [5.74, 6) is 0.569. The molecular formula is C15H22N2O2. The molecule has 2 N–H and O–H groups in total. The topological polar surface area (TPSA) is 50.4 Å². The number of carbonyl (C=O) groups excluding carboxylic acids is 1. The molecule has 1 fully saturated rings. The summed E-state index contributed by atoms with van der Waals surface area (Å²) in [6.45, 7) is 3.19. The zero-order valence-corrected chi connectivity index (χ0v) is 11.2. The van der Waals surface area contributed by atoms with Crippen molar-refractivity contribution in [3.05, 3.63) is 35.9 Å². The highest BCUT2D eigenvalue weighted by molar-refractivity contribution is 5.67. The van der Waals surface area contributed by atoms with Crippen LogP contribution in [0.2, 0.25) is 0 Å². The third-order valence-corrected chi connectivity index (χ3v) is 3.44. The van der Waals surface area contributed by atoms with Gasteiger partial charge in [-0.3, -0.25) is 0 Å². The summed E-state index contributed by atoms with van der Waals surface area (Å²) >= 11 is 0. The standard InChI is InChI=1S/C15H22N2O2/c18-15(19-12-14-5-2-1-3-6-14)17-11-13-7-4-9-16-10-8-13/h1-3,5-6,13,16H,4,7-12H2,(H,17,18)/t13-/m1/s1. The molecule has 19 heavy (non-hydrogen) atoms. The fourth-order valence-corrected chi connectivity index (χ4v) is 2.30. The molecule has 1 aromatic carbocycles. The molecule has 0 radical (unpaired) electrons. The van der Waals surface area contributed by atoms with Gasteiger partial charge < -0.3 is 15.4 Å². The molecule has 0 unspecified atom stereocenters. The molecule has 0 spiro atoms. The van der Waals surface area contributed by atoms with Crippen molar-refractivity contribution in [2.75, 3.05) is 19.6 Å². The van der Waals surface area contributed by atoms with Gasteiger partial charge in [0.1, 0.15) is 6.61 Å². The van der Waals surface area contributed by atoms with Crippen LogP contribution in [0.4, 0.5) is 4.79 Å². The second-order valence-electron chi connectivity index (χ2n) is 4.99. The second kappa shape index (κ2) is 7.79. The molecular weight excluding hydrogens is 240 g/mol. The molecule has 1 aromatic rings. The average Bonchev–Trinajstić information content (AvgIpc) is 2.73. The number of amides is 1. The molecule has 1 saturated heterocycles. The number of ether oxygens (including phenoxy) is 1. The van der Waals surface area contributed by atoms with E-state index in [0.29, 0.717) is 12.5 Å². The molecule has 0 bridgehead atoms. The maximum absolute atomic E-state index is 11.6. The maximum atomic E-state index is 11.6. The fourth-order valence-electron chi connectivity index (χ4n) is 2.30. The van der Waals surface area contributed by atoms with Gasteiger partial charge in [0.2, 0.25) is 0 Å². The molecule has 1 aliphatic rings. The number of benzene rings is 1. The van der Waals surface area contributed by atoms with Crippen molar-refractivity contribution in [1.29, 1.82) is 0 Å². The largest absolute Gasteiger partial charge is 0.445 e. The summed E-state index contributed by atoms with van der Waals surface area (Å²) in [5.41, 5.74) is 1.01. The summed E-state index contributed by atoms with van der Waals surface area (Å²) in [6, 6.07) is 9.72. The first-order chi connectivity index (χ1) is 9.34. The van der Waals surface area contributed by atoms with Gasteiger partial charge in [0.15, 0.2) is 0 Å². The van der Waals surface area contributed by atoms with E-state index in [2.05, 4.69) is 10.6 Å². The van der Waals surface area contributed by atoms with E-state index < -0.39 is 0 Å². The highest BCUT2D eigenvalue weighted by Crippen LogP contribution is 2.12. The first-order valence-electron chi connectivity index (χ1n) is 7.00. The lowest BCUT2D eigenvalue weighted by Crippen LogP contribution is -2.30. The predicted octanol–water partition coefficient (Wildman–Crippen LogP) is 2.30. The zero-order valence-electron chi connectivity index (χ0n) is 11.2. The van der Waals surface area contributed by atoms with Gasteiger partial charge in [0.05, 0.1) is 0 Å². The number of hydrogen-bond donors (Lipinski definition) is 2. The smallest absolute Gasteiger partial charge is 0.407 e. The molecule has 0 aromatic heterocycles. The lowest BCUT2D eigenvalue weighted by molar-refractivity contribution is 0.137. The maximum Gasteiger partial charge on any atom is 0.407 e. The highest BCUT2D eigenvalue weighted by Gasteiger charge is 2.13. The van der Waals surface area contributed by atoms with Gasteiger partial charge in [-0.05, 0) is 43.8 Å². The summed E-state index contributed by atoms with van der Waals surface area (Å²) in [7, 11) is 0. The van der Waals surface area contributed by atoms with Crippen molar-refractivity contribution in [2.24, 2.45) is 5.92 Å². The van der Waals surface area contributed by atoms with Crippen molar-refractivity contribution in [2.45, 2.75) is 25.9 Å². The number of rotatable bonds is 4. The molecule has 2 rings (SSSR count). The van der Waals surface area contributed by atoms with Crippen LogP contribution in [0.1, 0.15) is 24.8 Å². The lowest BCUT2D eigenvalue weighted by atomic mass is 10.0. The van der Waals surface area contributed by atoms with E-state index in [1.54, 1.807) is 0 Å². The van der Waals surface area contributed by atoms with Gasteiger partial charge in [-0.25, -0.2) is 4.79 Å². The normalized spacial score (nSPS) is 19.5. The lowest BCUT2D eigenvalue weighted by Gasteiger charge is -2.14. The summed E-state index contributed by atoms with van der Waals surface area (Å²) in [4.78, 5) is 11.6. The first-order valence-corrected chi connectivity index (χ1v) is 7.00. The minimum absolute atomic E-state index is 0.318. The minimum Gasteiger partial charge on any atom is -0.445 e. The molecule has 1 atom stereocenters. The summed E-state index contributed by atoms with van der Waals surface area (Å²) in [5, 5.41) is 6.23. The van der Waals surface area contributed by atoms with E-state index in [0.717, 1.165) is 31.6 Å². The summed E-state index contributed by atoms with van der Waals surface area (Å²) in [6.07, 6.45) is 3.16. The number of carbonyl (C=O) groups is 1. The molecule has 4 heteroatoms. The van der Waals surface area contributed by atoms with Crippen molar-refractivity contribution < 1.29 is 9.53 Å². The van der Waals surface area contributed by atoms with E-state index in [4.69, 9.17) is 4.74 Å². The quantitative estimate of drug-likeness (QED) is 0.875. The van der Waals surface area contributed by atoms with Crippen LogP contribution in [0, 0.1) is 5.92 Å². The molecule has 1 aliphatic heterocycles. The molecule has 4 nitrogen and oxygen atoms in total. The molecule has 1 amide bonds. The van der Waals surface area contributed by atoms with Crippen molar-refractivity contribution in [1.82, 2.24) is 10.6 Å². The Morgan fingerprint density at radius 3 is 2.95 bits per heavy atom. The third kappa shape index (κ3) is 5.30. The Bertz CT molecular complexity index is 373. The van der Waals surface area contributed by atoms with Crippen LogP contribution in [-0.4, -0.2) is 25.7 Å². The van der Waals surface area contributed by atoms with E-state index >= 15 is 0 Å². The van der Waals surface area contributed by atoms with Gasteiger partial charge in [-0.15, -0.1) is 0 Å². The SMILES string of the molecule is O=C(NC[C@@H]1CCCNCC1)OCc1ccccc1. The Hall–Kier alpha value is -1.55. The van der Waals surface area contributed by atoms with Crippen molar-refractivity contribution in [3.63, 3.8) is 0 Å². The third-order valence-electron chi connectivity index (χ3n) is 3.44. The Kier molecular flexibility index (Phi) is 5.69. The van der Waals surface area contributed by atoms with Gasteiger partial charge in [0, 0.05) is 6.54 Å². The first kappa shape index (κ1) is 13.9. The Morgan fingerprint density at radius 2 is 2.11 bits per heavy atom. The van der Waals surface area contributed by atoms with Crippen molar-refractivity contribution in [3.8, 4) is 0 Å². The highest BCUT2D eigenvalue weighted by atomic mass is 16.5. The van der Waals surface area contributed by atoms with Crippen LogP contribution in [-0.2, 0) is 11.3 Å². The van der Waals surface area contributed by atoms with Crippen LogP contribution in [0.5, 0.6) is 0 Å².